The highest BCUT2D eigenvalue weighted by atomic mass is 16.6. The molecular weight excluding hydrogens is 442 g/mol. The number of ether oxygens (including phenoxy) is 1. The summed E-state index contributed by atoms with van der Waals surface area (Å²) >= 11 is 0. The van der Waals surface area contributed by atoms with E-state index in [4.69, 9.17) is 4.74 Å². The molecule has 1 heterocycles. The van der Waals surface area contributed by atoms with Crippen LogP contribution in [0, 0.1) is 11.8 Å². The first-order valence-electron chi connectivity index (χ1n) is 13.0. The van der Waals surface area contributed by atoms with Crippen molar-refractivity contribution in [2.75, 3.05) is 13.1 Å². The van der Waals surface area contributed by atoms with Crippen molar-refractivity contribution in [1.29, 1.82) is 0 Å². The maximum absolute atomic E-state index is 13.8. The van der Waals surface area contributed by atoms with Gasteiger partial charge < -0.3 is 25.8 Å². The van der Waals surface area contributed by atoms with E-state index in [0.717, 1.165) is 30.5 Å². The van der Waals surface area contributed by atoms with Gasteiger partial charge in [-0.3, -0.25) is 4.79 Å². The van der Waals surface area contributed by atoms with Gasteiger partial charge in [-0.15, -0.1) is 0 Å². The first-order chi connectivity index (χ1) is 16.5. The molecule has 7 nitrogen and oxygen atoms in total. The third-order valence-electron chi connectivity index (χ3n) is 6.71. The lowest BCUT2D eigenvalue weighted by atomic mass is 9.75. The van der Waals surface area contributed by atoms with Crippen LogP contribution >= 0.6 is 0 Å². The molecule has 4 N–H and O–H groups in total. The fourth-order valence-corrected chi connectivity index (χ4v) is 5.15. The molecule has 2 aliphatic rings. The molecule has 1 aromatic carbocycles. The first-order valence-corrected chi connectivity index (χ1v) is 13.0. The average Bonchev–Trinajstić information content (AvgIpc) is 2.98. The standard InChI is InChI=1S/C28H43N3O4/c1-18(2)16-22(26(33)30-23-14-9-15-29-17-24(23)32)25(31-27(34)35-28(3,4)5)21-13-8-11-19-10-6-7-12-20(19)21/h6-8,10-12,18,21-25,29,32H,9,13-17H2,1-5H3,(H,30,33)(H,31,34)/t21?,22?,23?,24-,25?/m0/s1. The molecular formula is C28H43N3O4. The Morgan fingerprint density at radius 3 is 2.69 bits per heavy atom. The van der Waals surface area contributed by atoms with Crippen molar-refractivity contribution in [3.63, 3.8) is 0 Å². The molecule has 2 amide bonds. The van der Waals surface area contributed by atoms with Crippen molar-refractivity contribution in [2.24, 2.45) is 11.8 Å². The van der Waals surface area contributed by atoms with E-state index < -0.39 is 29.8 Å². The fraction of sp³-hybridized carbons (Fsp3) is 0.643. The highest BCUT2D eigenvalue weighted by Gasteiger charge is 2.39. The molecule has 5 atom stereocenters. The van der Waals surface area contributed by atoms with Crippen LogP contribution < -0.4 is 16.0 Å². The number of alkyl carbamates (subject to hydrolysis) is 1. The number of hydrogen-bond acceptors (Lipinski definition) is 5. The van der Waals surface area contributed by atoms with Crippen LogP contribution in [0.15, 0.2) is 30.3 Å². The van der Waals surface area contributed by atoms with Gasteiger partial charge in [-0.1, -0.05) is 50.3 Å². The highest BCUT2D eigenvalue weighted by molar-refractivity contribution is 5.81. The molecule has 1 saturated heterocycles. The topological polar surface area (TPSA) is 99.7 Å². The zero-order chi connectivity index (χ0) is 25.6. The van der Waals surface area contributed by atoms with Gasteiger partial charge in [0.15, 0.2) is 0 Å². The van der Waals surface area contributed by atoms with E-state index in [2.05, 4.69) is 54.1 Å². The first kappa shape index (κ1) is 27.2. The van der Waals surface area contributed by atoms with Gasteiger partial charge in [-0.2, -0.15) is 0 Å². The van der Waals surface area contributed by atoms with Crippen molar-refractivity contribution >= 4 is 18.1 Å². The SMILES string of the molecule is CC(C)CC(C(=O)NC1CCCNC[C@@H]1O)C(NC(=O)OC(C)(C)C)C1CC=Cc2ccccc21. The Balaban J connectivity index is 1.93. The number of rotatable bonds is 7. The molecule has 0 saturated carbocycles. The highest BCUT2D eigenvalue weighted by Crippen LogP contribution is 2.37. The Hall–Kier alpha value is -2.38. The van der Waals surface area contributed by atoms with Crippen LogP contribution in [0.3, 0.4) is 0 Å². The smallest absolute Gasteiger partial charge is 0.407 e. The van der Waals surface area contributed by atoms with Crippen LogP contribution in [0.25, 0.3) is 6.08 Å². The van der Waals surface area contributed by atoms with E-state index in [1.165, 1.54) is 0 Å². The molecule has 7 heteroatoms. The van der Waals surface area contributed by atoms with Gasteiger partial charge >= 0.3 is 6.09 Å². The number of amides is 2. The Kier molecular flexibility index (Phi) is 9.36. The van der Waals surface area contributed by atoms with E-state index in [0.29, 0.717) is 19.4 Å². The van der Waals surface area contributed by atoms with Gasteiger partial charge in [0.1, 0.15) is 5.60 Å². The van der Waals surface area contributed by atoms with E-state index >= 15 is 0 Å². The Morgan fingerprint density at radius 1 is 1.23 bits per heavy atom. The van der Waals surface area contributed by atoms with Crippen molar-refractivity contribution in [3.05, 3.63) is 41.5 Å². The average molecular weight is 486 g/mol. The number of carbonyl (C=O) groups is 2. The fourth-order valence-electron chi connectivity index (χ4n) is 5.15. The van der Waals surface area contributed by atoms with Gasteiger partial charge in [0.2, 0.25) is 5.91 Å². The second-order valence-electron chi connectivity index (χ2n) is 11.3. The van der Waals surface area contributed by atoms with Crippen molar-refractivity contribution in [2.45, 2.75) is 90.0 Å². The number of aliphatic hydroxyl groups is 1. The summed E-state index contributed by atoms with van der Waals surface area (Å²) in [6.45, 7) is 11.0. The molecule has 1 aromatic rings. The zero-order valence-electron chi connectivity index (χ0n) is 21.8. The Bertz CT molecular complexity index is 892. The number of aliphatic hydroxyl groups excluding tert-OH is 1. The second-order valence-corrected chi connectivity index (χ2v) is 11.3. The lowest BCUT2D eigenvalue weighted by molar-refractivity contribution is -0.128. The molecule has 0 spiro atoms. The molecule has 4 unspecified atom stereocenters. The number of β-amino-alcohol motifs (C(OH)–C–C–N with tert-alkyl or cyclic N) is 1. The summed E-state index contributed by atoms with van der Waals surface area (Å²) in [5.41, 5.74) is 1.58. The molecule has 194 valence electrons. The van der Waals surface area contributed by atoms with Crippen molar-refractivity contribution < 1.29 is 19.4 Å². The summed E-state index contributed by atoms with van der Waals surface area (Å²) < 4.78 is 5.62. The predicted molar refractivity (Wildman–Crippen MR) is 139 cm³/mol. The molecule has 0 bridgehead atoms. The van der Waals surface area contributed by atoms with Gasteiger partial charge in [0.25, 0.3) is 0 Å². The van der Waals surface area contributed by atoms with Crippen molar-refractivity contribution in [1.82, 2.24) is 16.0 Å². The van der Waals surface area contributed by atoms with Crippen LogP contribution in [0.5, 0.6) is 0 Å². The van der Waals surface area contributed by atoms with Crippen LogP contribution in [-0.2, 0) is 9.53 Å². The zero-order valence-corrected chi connectivity index (χ0v) is 21.8. The number of hydrogen-bond donors (Lipinski definition) is 4. The molecule has 1 aliphatic carbocycles. The normalized spacial score (nSPS) is 24.1. The number of allylic oxidation sites excluding steroid dienone is 1. The summed E-state index contributed by atoms with van der Waals surface area (Å²) in [6.07, 6.45) is 5.98. The quantitative estimate of drug-likeness (QED) is 0.468. The molecule has 0 aromatic heterocycles. The number of carbonyl (C=O) groups excluding carboxylic acids is 2. The van der Waals surface area contributed by atoms with Gasteiger partial charge in [0, 0.05) is 12.5 Å². The van der Waals surface area contributed by atoms with Gasteiger partial charge in [0.05, 0.1) is 24.1 Å². The molecule has 3 rings (SSSR count). The summed E-state index contributed by atoms with van der Waals surface area (Å²) in [5, 5.41) is 20.0. The summed E-state index contributed by atoms with van der Waals surface area (Å²) in [4.78, 5) is 26.8. The van der Waals surface area contributed by atoms with Crippen LogP contribution in [0.2, 0.25) is 0 Å². The third-order valence-corrected chi connectivity index (χ3v) is 6.71. The monoisotopic (exact) mass is 485 g/mol. The van der Waals surface area contributed by atoms with E-state index in [-0.39, 0.29) is 23.8 Å². The third kappa shape index (κ3) is 7.80. The van der Waals surface area contributed by atoms with Crippen LogP contribution in [0.4, 0.5) is 4.79 Å². The van der Waals surface area contributed by atoms with E-state index in [9.17, 15) is 14.7 Å². The van der Waals surface area contributed by atoms with Crippen LogP contribution in [-0.4, -0.2) is 54.0 Å². The van der Waals surface area contributed by atoms with Crippen molar-refractivity contribution in [3.8, 4) is 0 Å². The number of benzene rings is 1. The maximum atomic E-state index is 13.8. The minimum Gasteiger partial charge on any atom is -0.444 e. The molecule has 1 fully saturated rings. The summed E-state index contributed by atoms with van der Waals surface area (Å²) in [5.74, 6) is -0.434. The molecule has 35 heavy (non-hydrogen) atoms. The lowest BCUT2D eigenvalue weighted by Gasteiger charge is -2.37. The lowest BCUT2D eigenvalue weighted by Crippen LogP contribution is -2.54. The minimum atomic E-state index is -0.647. The van der Waals surface area contributed by atoms with Crippen LogP contribution in [0.1, 0.15) is 77.3 Å². The summed E-state index contributed by atoms with van der Waals surface area (Å²) in [6, 6.07) is 7.38. The van der Waals surface area contributed by atoms with Gasteiger partial charge in [-0.25, -0.2) is 4.79 Å². The molecule has 1 aliphatic heterocycles. The molecule has 0 radical (unpaired) electrons. The number of fused-ring (bicyclic) bond motifs is 1. The van der Waals surface area contributed by atoms with Gasteiger partial charge in [-0.05, 0) is 70.0 Å². The predicted octanol–water partition coefficient (Wildman–Crippen LogP) is 3.97. The second kappa shape index (κ2) is 12.0. The van der Waals surface area contributed by atoms with E-state index in [1.807, 2.05) is 32.9 Å². The number of nitrogens with one attached hydrogen (secondary N) is 3. The minimum absolute atomic E-state index is 0.0704. The Morgan fingerprint density at radius 2 is 1.97 bits per heavy atom. The summed E-state index contributed by atoms with van der Waals surface area (Å²) in [7, 11) is 0. The van der Waals surface area contributed by atoms with E-state index in [1.54, 1.807) is 0 Å². The largest absolute Gasteiger partial charge is 0.444 e. The Labute approximate surface area is 210 Å². The maximum Gasteiger partial charge on any atom is 0.407 e.